The molecule has 0 bridgehead atoms. The molecule has 162 valence electrons. The molecule has 0 amide bonds. The van der Waals surface area contributed by atoms with Crippen LogP contribution in [0.25, 0.3) is 0 Å². The van der Waals surface area contributed by atoms with Gasteiger partial charge in [0, 0.05) is 11.8 Å². The van der Waals surface area contributed by atoms with Gasteiger partial charge in [0.05, 0.1) is 0 Å². The molecule has 2 heteroatoms. The molecule has 1 aromatic rings. The van der Waals surface area contributed by atoms with Crippen molar-refractivity contribution in [1.29, 1.82) is 0 Å². The summed E-state index contributed by atoms with van der Waals surface area (Å²) in [6.45, 7) is 6.73. The summed E-state index contributed by atoms with van der Waals surface area (Å²) in [5.41, 5.74) is 2.75. The van der Waals surface area contributed by atoms with Crippen molar-refractivity contribution in [2.45, 2.75) is 84.7 Å². The van der Waals surface area contributed by atoms with Gasteiger partial charge in [0.15, 0.2) is 0 Å². The van der Waals surface area contributed by atoms with Crippen LogP contribution < -0.4 is 0 Å². The van der Waals surface area contributed by atoms with E-state index in [1.165, 1.54) is 24.0 Å². The highest BCUT2D eigenvalue weighted by molar-refractivity contribution is 5.84. The SMILES string of the molecule is CC(=O)[C@@]1(Cc2ccccc2)CCC2C3CC=C4C[C@@H](F)CC[C@]4(C)C3CC[C@@]21C. The summed E-state index contributed by atoms with van der Waals surface area (Å²) in [4.78, 5) is 13.3. The van der Waals surface area contributed by atoms with E-state index in [-0.39, 0.29) is 16.2 Å². The number of hydrogen-bond acceptors (Lipinski definition) is 1. The molecule has 3 fully saturated rings. The van der Waals surface area contributed by atoms with Crippen LogP contribution in [0, 0.1) is 34.0 Å². The van der Waals surface area contributed by atoms with Crippen LogP contribution in [0.3, 0.4) is 0 Å². The number of fused-ring (bicyclic) bond motifs is 5. The molecule has 0 heterocycles. The van der Waals surface area contributed by atoms with Crippen molar-refractivity contribution in [3.8, 4) is 0 Å². The number of alkyl halides is 1. The first-order valence-electron chi connectivity index (χ1n) is 12.2. The molecule has 4 aliphatic rings. The van der Waals surface area contributed by atoms with Gasteiger partial charge in [-0.1, -0.05) is 55.8 Å². The Bertz CT molecular complexity index is 859. The van der Waals surface area contributed by atoms with E-state index in [2.05, 4.69) is 50.3 Å². The molecule has 5 rings (SSSR count). The molecule has 0 radical (unpaired) electrons. The van der Waals surface area contributed by atoms with Crippen LogP contribution in [-0.4, -0.2) is 12.0 Å². The maximum atomic E-state index is 14.1. The third-order valence-electron chi connectivity index (χ3n) is 10.4. The Balaban J connectivity index is 1.50. The number of benzene rings is 1. The van der Waals surface area contributed by atoms with Gasteiger partial charge in [-0.15, -0.1) is 0 Å². The second-order valence-corrected chi connectivity index (χ2v) is 11.4. The van der Waals surface area contributed by atoms with Crippen LogP contribution in [0.5, 0.6) is 0 Å². The van der Waals surface area contributed by atoms with Gasteiger partial charge in [-0.3, -0.25) is 4.79 Å². The summed E-state index contributed by atoms with van der Waals surface area (Å²) >= 11 is 0. The summed E-state index contributed by atoms with van der Waals surface area (Å²) in [6.07, 6.45) is 10.7. The van der Waals surface area contributed by atoms with Crippen molar-refractivity contribution < 1.29 is 9.18 Å². The van der Waals surface area contributed by atoms with Crippen molar-refractivity contribution in [3.05, 3.63) is 47.5 Å². The Morgan fingerprint density at radius 3 is 2.50 bits per heavy atom. The molecular formula is C28H37FO. The number of ketones is 1. The summed E-state index contributed by atoms with van der Waals surface area (Å²) in [6, 6.07) is 10.7. The predicted molar refractivity (Wildman–Crippen MR) is 120 cm³/mol. The zero-order valence-electron chi connectivity index (χ0n) is 18.9. The van der Waals surface area contributed by atoms with Crippen LogP contribution in [0.4, 0.5) is 4.39 Å². The number of rotatable bonds is 3. The normalized spacial score (nSPS) is 45.1. The molecule has 0 spiro atoms. The second kappa shape index (κ2) is 7.04. The zero-order chi connectivity index (χ0) is 21.1. The van der Waals surface area contributed by atoms with Gasteiger partial charge in [0.2, 0.25) is 0 Å². The average Bonchev–Trinajstić information content (AvgIpc) is 3.03. The summed E-state index contributed by atoms with van der Waals surface area (Å²) < 4.78 is 14.1. The van der Waals surface area contributed by atoms with E-state index in [9.17, 15) is 9.18 Å². The zero-order valence-corrected chi connectivity index (χ0v) is 18.9. The molecule has 0 aromatic heterocycles. The van der Waals surface area contributed by atoms with Crippen molar-refractivity contribution in [2.24, 2.45) is 34.0 Å². The molecule has 1 nitrogen and oxygen atoms in total. The Hall–Kier alpha value is -1.44. The lowest BCUT2D eigenvalue weighted by Gasteiger charge is -2.59. The summed E-state index contributed by atoms with van der Waals surface area (Å²) in [5.74, 6) is 2.33. The van der Waals surface area contributed by atoms with Crippen molar-refractivity contribution in [3.63, 3.8) is 0 Å². The molecular weight excluding hydrogens is 371 g/mol. The van der Waals surface area contributed by atoms with Gasteiger partial charge in [0.1, 0.15) is 12.0 Å². The molecule has 4 aliphatic carbocycles. The van der Waals surface area contributed by atoms with Crippen molar-refractivity contribution in [2.75, 3.05) is 0 Å². The fraction of sp³-hybridized carbons (Fsp3) is 0.679. The highest BCUT2D eigenvalue weighted by Crippen LogP contribution is 2.70. The van der Waals surface area contributed by atoms with Crippen LogP contribution >= 0.6 is 0 Å². The number of hydrogen-bond donors (Lipinski definition) is 0. The first kappa shape index (κ1) is 20.5. The van der Waals surface area contributed by atoms with Gasteiger partial charge < -0.3 is 0 Å². The molecule has 7 atom stereocenters. The van der Waals surface area contributed by atoms with E-state index in [0.29, 0.717) is 30.0 Å². The molecule has 0 N–H and O–H groups in total. The van der Waals surface area contributed by atoms with Crippen LogP contribution in [0.1, 0.15) is 77.7 Å². The molecule has 1 aromatic carbocycles. The van der Waals surface area contributed by atoms with Gasteiger partial charge in [-0.25, -0.2) is 4.39 Å². The van der Waals surface area contributed by atoms with Gasteiger partial charge in [0.25, 0.3) is 0 Å². The summed E-state index contributed by atoms with van der Waals surface area (Å²) in [5, 5.41) is 0. The molecule has 0 saturated heterocycles. The first-order chi connectivity index (χ1) is 14.3. The lowest BCUT2D eigenvalue weighted by Crippen LogP contribution is -2.54. The molecule has 30 heavy (non-hydrogen) atoms. The number of allylic oxidation sites excluding steroid dienone is 2. The quantitative estimate of drug-likeness (QED) is 0.487. The van der Waals surface area contributed by atoms with Crippen LogP contribution in [0.15, 0.2) is 42.0 Å². The van der Waals surface area contributed by atoms with Crippen molar-refractivity contribution >= 4 is 5.78 Å². The van der Waals surface area contributed by atoms with E-state index in [0.717, 1.165) is 38.5 Å². The minimum Gasteiger partial charge on any atom is -0.299 e. The van der Waals surface area contributed by atoms with Crippen LogP contribution in [-0.2, 0) is 11.2 Å². The highest BCUT2D eigenvalue weighted by Gasteiger charge is 2.65. The number of carbonyl (C=O) groups excluding carboxylic acids is 1. The van der Waals surface area contributed by atoms with Crippen LogP contribution in [0.2, 0.25) is 0 Å². The fourth-order valence-corrected chi connectivity index (χ4v) is 8.69. The Kier molecular flexibility index (Phi) is 4.80. The van der Waals surface area contributed by atoms with E-state index < -0.39 is 6.17 Å². The third kappa shape index (κ3) is 2.74. The number of carbonyl (C=O) groups is 1. The Morgan fingerprint density at radius 2 is 1.77 bits per heavy atom. The summed E-state index contributed by atoms with van der Waals surface area (Å²) in [7, 11) is 0. The predicted octanol–water partition coefficient (Wildman–Crippen LogP) is 7.11. The maximum Gasteiger partial charge on any atom is 0.136 e. The average molecular weight is 409 g/mol. The van der Waals surface area contributed by atoms with Gasteiger partial charge in [-0.2, -0.15) is 0 Å². The minimum atomic E-state index is -0.641. The fourth-order valence-electron chi connectivity index (χ4n) is 8.69. The van der Waals surface area contributed by atoms with E-state index in [1.807, 2.05) is 6.92 Å². The number of halogens is 1. The van der Waals surface area contributed by atoms with Crippen molar-refractivity contribution in [1.82, 2.24) is 0 Å². The maximum absolute atomic E-state index is 14.1. The van der Waals surface area contributed by atoms with E-state index in [4.69, 9.17) is 0 Å². The minimum absolute atomic E-state index is 0.0782. The van der Waals surface area contributed by atoms with Gasteiger partial charge in [-0.05, 0) is 92.4 Å². The lowest BCUT2D eigenvalue weighted by molar-refractivity contribution is -0.140. The van der Waals surface area contributed by atoms with E-state index in [1.54, 1.807) is 0 Å². The van der Waals surface area contributed by atoms with E-state index >= 15 is 0 Å². The Labute approximate surface area is 181 Å². The number of Topliss-reactive ketones (excluding diaryl/α,β-unsaturated/α-hetero) is 1. The second-order valence-electron chi connectivity index (χ2n) is 11.4. The standard InChI is InChI=1S/C28H37FO/c1-19(30)28(18-20-7-5-4-6-8-20)16-13-25-23-10-9-21-17-22(29)11-14-26(21,2)24(23)12-15-27(25,28)3/h4-9,22-25H,10-18H2,1-3H3/t22-,23?,24?,25?,26-,27-,28-/m0/s1. The highest BCUT2D eigenvalue weighted by atomic mass is 19.1. The van der Waals surface area contributed by atoms with Gasteiger partial charge >= 0.3 is 0 Å². The molecule has 3 unspecified atom stereocenters. The largest absolute Gasteiger partial charge is 0.299 e. The monoisotopic (exact) mass is 408 g/mol. The topological polar surface area (TPSA) is 17.1 Å². The first-order valence-corrected chi connectivity index (χ1v) is 12.2. The molecule has 3 saturated carbocycles. The smallest absolute Gasteiger partial charge is 0.136 e. The molecule has 0 aliphatic heterocycles. The lowest BCUT2D eigenvalue weighted by atomic mass is 9.45. The Morgan fingerprint density at radius 1 is 1.03 bits per heavy atom. The third-order valence-corrected chi connectivity index (χ3v) is 10.4.